The Balaban J connectivity index is 2.56. The fraction of sp³-hybridized carbons (Fsp3) is 0.455. The number of hydrogen-bond donors (Lipinski definition) is 2. The highest BCUT2D eigenvalue weighted by Gasteiger charge is 2.06. The summed E-state index contributed by atoms with van der Waals surface area (Å²) in [5.74, 6) is -0.229. The molecule has 0 aliphatic heterocycles. The third-order valence-electron chi connectivity index (χ3n) is 2.07. The van der Waals surface area contributed by atoms with E-state index in [1.165, 1.54) is 12.1 Å². The van der Waals surface area contributed by atoms with Crippen LogP contribution < -0.4 is 5.32 Å². The minimum atomic E-state index is -0.383. The minimum absolute atomic E-state index is 0.0558. The van der Waals surface area contributed by atoms with Crippen molar-refractivity contribution in [1.82, 2.24) is 5.32 Å². The van der Waals surface area contributed by atoms with Crippen LogP contribution in [0.4, 0.5) is 4.39 Å². The molecule has 1 aromatic rings. The van der Waals surface area contributed by atoms with Gasteiger partial charge in [-0.3, -0.25) is 0 Å². The SMILES string of the molecule is CC(O)CNC(C)c1cccc(F)c1. The first-order chi connectivity index (χ1) is 6.59. The lowest BCUT2D eigenvalue weighted by Crippen LogP contribution is -2.27. The van der Waals surface area contributed by atoms with Crippen molar-refractivity contribution in [2.75, 3.05) is 6.54 Å². The van der Waals surface area contributed by atoms with E-state index in [-0.39, 0.29) is 18.0 Å². The maximum absolute atomic E-state index is 12.8. The summed E-state index contributed by atoms with van der Waals surface area (Å²) in [7, 11) is 0. The third-order valence-corrected chi connectivity index (χ3v) is 2.07. The fourth-order valence-corrected chi connectivity index (χ4v) is 1.24. The van der Waals surface area contributed by atoms with Gasteiger partial charge in [0, 0.05) is 12.6 Å². The Labute approximate surface area is 83.8 Å². The Bertz CT molecular complexity index is 288. The van der Waals surface area contributed by atoms with Crippen LogP contribution in [0.2, 0.25) is 0 Å². The highest BCUT2D eigenvalue weighted by molar-refractivity contribution is 5.19. The van der Waals surface area contributed by atoms with Crippen LogP contribution >= 0.6 is 0 Å². The monoisotopic (exact) mass is 197 g/mol. The van der Waals surface area contributed by atoms with Crippen molar-refractivity contribution in [1.29, 1.82) is 0 Å². The highest BCUT2D eigenvalue weighted by atomic mass is 19.1. The smallest absolute Gasteiger partial charge is 0.123 e. The van der Waals surface area contributed by atoms with Gasteiger partial charge in [-0.05, 0) is 31.5 Å². The number of rotatable bonds is 4. The molecule has 0 amide bonds. The molecule has 0 radical (unpaired) electrons. The summed E-state index contributed by atoms with van der Waals surface area (Å²) in [4.78, 5) is 0. The molecule has 1 aromatic carbocycles. The Morgan fingerprint density at radius 3 is 2.71 bits per heavy atom. The number of aliphatic hydroxyl groups is 1. The maximum atomic E-state index is 12.8. The number of nitrogens with one attached hydrogen (secondary N) is 1. The predicted octanol–water partition coefficient (Wildman–Crippen LogP) is 1.86. The third kappa shape index (κ3) is 3.44. The molecule has 0 saturated carbocycles. The molecular weight excluding hydrogens is 181 g/mol. The lowest BCUT2D eigenvalue weighted by atomic mass is 10.1. The van der Waals surface area contributed by atoms with Crippen molar-refractivity contribution in [3.63, 3.8) is 0 Å². The first-order valence-corrected chi connectivity index (χ1v) is 4.76. The van der Waals surface area contributed by atoms with Crippen LogP contribution in [0.5, 0.6) is 0 Å². The van der Waals surface area contributed by atoms with E-state index < -0.39 is 0 Å². The summed E-state index contributed by atoms with van der Waals surface area (Å²) in [5, 5.41) is 12.2. The van der Waals surface area contributed by atoms with Gasteiger partial charge in [0.05, 0.1) is 6.10 Å². The van der Waals surface area contributed by atoms with Gasteiger partial charge >= 0.3 is 0 Å². The Kier molecular flexibility index (Phi) is 4.04. The molecule has 2 nitrogen and oxygen atoms in total. The van der Waals surface area contributed by atoms with E-state index in [1.807, 2.05) is 13.0 Å². The van der Waals surface area contributed by atoms with Crippen molar-refractivity contribution < 1.29 is 9.50 Å². The largest absolute Gasteiger partial charge is 0.392 e. The molecule has 0 saturated heterocycles. The molecule has 78 valence electrons. The molecule has 0 bridgehead atoms. The van der Waals surface area contributed by atoms with Gasteiger partial charge in [0.25, 0.3) is 0 Å². The molecule has 0 aliphatic carbocycles. The quantitative estimate of drug-likeness (QED) is 0.772. The maximum Gasteiger partial charge on any atom is 0.123 e. The first kappa shape index (κ1) is 11.1. The van der Waals surface area contributed by atoms with Gasteiger partial charge in [-0.25, -0.2) is 4.39 Å². The Morgan fingerprint density at radius 1 is 1.43 bits per heavy atom. The first-order valence-electron chi connectivity index (χ1n) is 4.76. The predicted molar refractivity (Wildman–Crippen MR) is 54.5 cm³/mol. The minimum Gasteiger partial charge on any atom is -0.392 e. The van der Waals surface area contributed by atoms with Crippen LogP contribution in [-0.2, 0) is 0 Å². The standard InChI is InChI=1S/C11H16FNO/c1-8(14)7-13-9(2)10-4-3-5-11(12)6-10/h3-6,8-9,13-14H,7H2,1-2H3. The number of halogens is 1. The topological polar surface area (TPSA) is 32.3 Å². The highest BCUT2D eigenvalue weighted by Crippen LogP contribution is 2.12. The zero-order valence-electron chi connectivity index (χ0n) is 8.50. The second-order valence-electron chi connectivity index (χ2n) is 3.53. The molecule has 0 fully saturated rings. The van der Waals surface area contributed by atoms with Gasteiger partial charge in [-0.2, -0.15) is 0 Å². The number of benzene rings is 1. The molecule has 2 N–H and O–H groups in total. The molecule has 0 aromatic heterocycles. The van der Waals surface area contributed by atoms with E-state index in [0.29, 0.717) is 6.54 Å². The molecule has 0 heterocycles. The summed E-state index contributed by atoms with van der Waals surface area (Å²) in [6.45, 7) is 4.17. The molecule has 14 heavy (non-hydrogen) atoms. The van der Waals surface area contributed by atoms with Gasteiger partial charge in [0.15, 0.2) is 0 Å². The molecule has 0 spiro atoms. The lowest BCUT2D eigenvalue weighted by Gasteiger charge is -2.15. The van der Waals surface area contributed by atoms with E-state index in [9.17, 15) is 4.39 Å². The van der Waals surface area contributed by atoms with Crippen LogP contribution in [0, 0.1) is 5.82 Å². The Morgan fingerprint density at radius 2 is 2.14 bits per heavy atom. The van der Waals surface area contributed by atoms with Crippen LogP contribution in [0.15, 0.2) is 24.3 Å². The summed E-state index contributed by atoms with van der Waals surface area (Å²) < 4.78 is 12.8. The van der Waals surface area contributed by atoms with Crippen LogP contribution in [0.1, 0.15) is 25.5 Å². The van der Waals surface area contributed by atoms with Crippen molar-refractivity contribution >= 4 is 0 Å². The second kappa shape index (κ2) is 5.08. The average Bonchev–Trinajstić information content (AvgIpc) is 2.14. The Hall–Kier alpha value is -0.930. The zero-order valence-corrected chi connectivity index (χ0v) is 8.50. The van der Waals surface area contributed by atoms with Crippen molar-refractivity contribution in [3.8, 4) is 0 Å². The van der Waals surface area contributed by atoms with Crippen LogP contribution in [0.25, 0.3) is 0 Å². The summed E-state index contributed by atoms with van der Waals surface area (Å²) in [6, 6.07) is 6.53. The lowest BCUT2D eigenvalue weighted by molar-refractivity contribution is 0.187. The summed E-state index contributed by atoms with van der Waals surface area (Å²) in [5.41, 5.74) is 0.894. The molecule has 0 aliphatic rings. The summed E-state index contributed by atoms with van der Waals surface area (Å²) in [6.07, 6.45) is -0.383. The average molecular weight is 197 g/mol. The van der Waals surface area contributed by atoms with Crippen molar-refractivity contribution in [2.24, 2.45) is 0 Å². The molecule has 1 rings (SSSR count). The molecular formula is C11H16FNO. The van der Waals surface area contributed by atoms with Gasteiger partial charge < -0.3 is 10.4 Å². The second-order valence-corrected chi connectivity index (χ2v) is 3.53. The molecule has 2 unspecified atom stereocenters. The molecule has 2 atom stereocenters. The van der Waals surface area contributed by atoms with E-state index in [1.54, 1.807) is 13.0 Å². The zero-order chi connectivity index (χ0) is 10.6. The van der Waals surface area contributed by atoms with E-state index in [4.69, 9.17) is 5.11 Å². The van der Waals surface area contributed by atoms with E-state index >= 15 is 0 Å². The van der Waals surface area contributed by atoms with Crippen LogP contribution in [0.3, 0.4) is 0 Å². The van der Waals surface area contributed by atoms with Gasteiger partial charge in [-0.1, -0.05) is 12.1 Å². The van der Waals surface area contributed by atoms with Crippen molar-refractivity contribution in [2.45, 2.75) is 26.0 Å². The normalized spacial score (nSPS) is 15.1. The van der Waals surface area contributed by atoms with E-state index in [0.717, 1.165) is 5.56 Å². The van der Waals surface area contributed by atoms with E-state index in [2.05, 4.69) is 5.32 Å². The van der Waals surface area contributed by atoms with Gasteiger partial charge in [0.2, 0.25) is 0 Å². The van der Waals surface area contributed by atoms with Crippen LogP contribution in [-0.4, -0.2) is 17.8 Å². The molecule has 3 heteroatoms. The fourth-order valence-electron chi connectivity index (χ4n) is 1.24. The number of hydrogen-bond acceptors (Lipinski definition) is 2. The number of aliphatic hydroxyl groups excluding tert-OH is 1. The summed E-state index contributed by atoms with van der Waals surface area (Å²) >= 11 is 0. The van der Waals surface area contributed by atoms with Gasteiger partial charge in [-0.15, -0.1) is 0 Å². The van der Waals surface area contributed by atoms with Crippen molar-refractivity contribution in [3.05, 3.63) is 35.6 Å². The van der Waals surface area contributed by atoms with Gasteiger partial charge in [0.1, 0.15) is 5.82 Å².